The van der Waals surface area contributed by atoms with E-state index in [1.54, 1.807) is 0 Å². The number of ether oxygens (including phenoxy) is 1. The quantitative estimate of drug-likeness (QED) is 0.708. The molecule has 0 aliphatic carbocycles. The average molecular weight is 244 g/mol. The molecule has 0 aliphatic rings. The summed E-state index contributed by atoms with van der Waals surface area (Å²) < 4.78 is 41.9. The third-order valence-corrected chi connectivity index (χ3v) is 2.18. The number of halogens is 3. The van der Waals surface area contributed by atoms with Crippen LogP contribution in [0, 0.1) is 0 Å². The topological polar surface area (TPSA) is 9.23 Å². The Bertz CT molecular complexity index is 355. The Hall–Kier alpha value is -1.45. The molecule has 1 aromatic carbocycles. The molecule has 0 aliphatic heterocycles. The van der Waals surface area contributed by atoms with Crippen LogP contribution < -0.4 is 0 Å². The van der Waals surface area contributed by atoms with Gasteiger partial charge in [0.2, 0.25) is 0 Å². The molecule has 0 spiro atoms. The van der Waals surface area contributed by atoms with Crippen molar-refractivity contribution in [3.63, 3.8) is 0 Å². The summed E-state index contributed by atoms with van der Waals surface area (Å²) in [5, 5.41) is 0. The van der Waals surface area contributed by atoms with E-state index in [2.05, 4.69) is 4.74 Å². The van der Waals surface area contributed by atoms with Crippen LogP contribution in [0.1, 0.15) is 18.9 Å². The minimum atomic E-state index is -4.40. The number of hydrogen-bond acceptors (Lipinski definition) is 1. The van der Waals surface area contributed by atoms with Gasteiger partial charge in [-0.25, -0.2) is 0 Å². The predicted molar refractivity (Wildman–Crippen MR) is 60.5 cm³/mol. The lowest BCUT2D eigenvalue weighted by Crippen LogP contribution is -2.14. The van der Waals surface area contributed by atoms with E-state index in [-0.39, 0.29) is 6.61 Å². The van der Waals surface area contributed by atoms with E-state index in [9.17, 15) is 13.2 Å². The lowest BCUT2D eigenvalue weighted by atomic mass is 10.1. The van der Waals surface area contributed by atoms with E-state index in [0.717, 1.165) is 11.6 Å². The SMILES string of the molecule is CCO/C(=C/CCc1ccccc1)C(F)(F)F. The molecule has 94 valence electrons. The van der Waals surface area contributed by atoms with Crippen LogP contribution in [0.4, 0.5) is 13.2 Å². The molecule has 0 fully saturated rings. The molecule has 17 heavy (non-hydrogen) atoms. The third kappa shape index (κ3) is 4.93. The fourth-order valence-corrected chi connectivity index (χ4v) is 1.43. The second-order valence-corrected chi connectivity index (χ2v) is 3.52. The predicted octanol–water partition coefficient (Wildman–Crippen LogP) is 4.10. The summed E-state index contributed by atoms with van der Waals surface area (Å²) in [6, 6.07) is 9.39. The molecule has 0 amide bonds. The zero-order valence-electron chi connectivity index (χ0n) is 9.63. The van der Waals surface area contributed by atoms with Crippen molar-refractivity contribution in [1.82, 2.24) is 0 Å². The van der Waals surface area contributed by atoms with Crippen molar-refractivity contribution in [3.05, 3.63) is 47.7 Å². The van der Waals surface area contributed by atoms with Gasteiger partial charge in [0.1, 0.15) is 0 Å². The van der Waals surface area contributed by atoms with Gasteiger partial charge >= 0.3 is 6.18 Å². The van der Waals surface area contributed by atoms with Gasteiger partial charge in [-0.15, -0.1) is 0 Å². The van der Waals surface area contributed by atoms with Crippen molar-refractivity contribution >= 4 is 0 Å². The highest BCUT2D eigenvalue weighted by molar-refractivity contribution is 5.15. The van der Waals surface area contributed by atoms with Gasteiger partial charge in [0.15, 0.2) is 5.76 Å². The first kappa shape index (κ1) is 13.6. The van der Waals surface area contributed by atoms with Crippen LogP contribution in [0.3, 0.4) is 0 Å². The zero-order valence-corrected chi connectivity index (χ0v) is 9.63. The van der Waals surface area contributed by atoms with Crippen LogP contribution in [0.5, 0.6) is 0 Å². The Kier molecular flexibility index (Phi) is 5.07. The Morgan fingerprint density at radius 3 is 2.41 bits per heavy atom. The van der Waals surface area contributed by atoms with Crippen molar-refractivity contribution in [2.45, 2.75) is 25.9 Å². The minimum Gasteiger partial charge on any atom is -0.489 e. The average Bonchev–Trinajstić information content (AvgIpc) is 2.28. The molecule has 0 bridgehead atoms. The highest BCUT2D eigenvalue weighted by atomic mass is 19.4. The van der Waals surface area contributed by atoms with Crippen molar-refractivity contribution in [3.8, 4) is 0 Å². The van der Waals surface area contributed by atoms with Crippen LogP contribution in [0.2, 0.25) is 0 Å². The normalized spacial score (nSPS) is 12.6. The summed E-state index contributed by atoms with van der Waals surface area (Å²) >= 11 is 0. The van der Waals surface area contributed by atoms with Gasteiger partial charge in [0.25, 0.3) is 0 Å². The first-order valence-corrected chi connectivity index (χ1v) is 5.48. The van der Waals surface area contributed by atoms with Crippen molar-refractivity contribution in [2.75, 3.05) is 6.61 Å². The van der Waals surface area contributed by atoms with Crippen LogP contribution in [0.25, 0.3) is 0 Å². The largest absolute Gasteiger partial charge is 0.489 e. The number of alkyl halides is 3. The standard InChI is InChI=1S/C13H15F3O/c1-2-17-12(13(14,15)16)10-6-9-11-7-4-3-5-8-11/h3-5,7-8,10H,2,6,9H2,1H3/b12-10+. The molecule has 0 aromatic heterocycles. The van der Waals surface area contributed by atoms with E-state index in [0.29, 0.717) is 12.8 Å². The highest BCUT2D eigenvalue weighted by Gasteiger charge is 2.35. The third-order valence-electron chi connectivity index (χ3n) is 2.18. The summed E-state index contributed by atoms with van der Waals surface area (Å²) in [6.45, 7) is 1.56. The number of hydrogen-bond donors (Lipinski definition) is 0. The fourth-order valence-electron chi connectivity index (χ4n) is 1.43. The van der Waals surface area contributed by atoms with Gasteiger partial charge in [-0.3, -0.25) is 0 Å². The lowest BCUT2D eigenvalue weighted by Gasteiger charge is -2.11. The molecular weight excluding hydrogens is 229 g/mol. The molecule has 1 aromatic rings. The van der Waals surface area contributed by atoms with Gasteiger partial charge in [-0.2, -0.15) is 13.2 Å². The van der Waals surface area contributed by atoms with E-state index in [4.69, 9.17) is 0 Å². The van der Waals surface area contributed by atoms with Gasteiger partial charge in [0, 0.05) is 0 Å². The molecular formula is C13H15F3O. The van der Waals surface area contributed by atoms with Gasteiger partial charge < -0.3 is 4.74 Å². The molecule has 0 saturated heterocycles. The van der Waals surface area contributed by atoms with E-state index in [1.807, 2.05) is 30.3 Å². The molecule has 0 unspecified atom stereocenters. The van der Waals surface area contributed by atoms with Crippen LogP contribution in [-0.2, 0) is 11.2 Å². The maximum atomic E-state index is 12.4. The number of allylic oxidation sites excluding steroid dienone is 2. The highest BCUT2D eigenvalue weighted by Crippen LogP contribution is 2.26. The monoisotopic (exact) mass is 244 g/mol. The van der Waals surface area contributed by atoms with Gasteiger partial charge in [0.05, 0.1) is 6.61 Å². The molecule has 0 heterocycles. The number of aryl methyl sites for hydroxylation is 1. The van der Waals surface area contributed by atoms with Crippen molar-refractivity contribution in [2.24, 2.45) is 0 Å². The summed E-state index contributed by atoms with van der Waals surface area (Å²) in [4.78, 5) is 0. The second-order valence-electron chi connectivity index (χ2n) is 3.52. The molecule has 0 N–H and O–H groups in total. The number of benzene rings is 1. The fraction of sp³-hybridized carbons (Fsp3) is 0.385. The van der Waals surface area contributed by atoms with E-state index >= 15 is 0 Å². The smallest absolute Gasteiger partial charge is 0.448 e. The Morgan fingerprint density at radius 2 is 1.88 bits per heavy atom. The minimum absolute atomic E-state index is 0.0245. The van der Waals surface area contributed by atoms with Crippen LogP contribution in [0.15, 0.2) is 42.2 Å². The molecule has 0 atom stereocenters. The van der Waals surface area contributed by atoms with Crippen LogP contribution in [-0.4, -0.2) is 12.8 Å². The summed E-state index contributed by atoms with van der Waals surface area (Å²) in [7, 11) is 0. The van der Waals surface area contributed by atoms with E-state index < -0.39 is 11.9 Å². The first-order valence-electron chi connectivity index (χ1n) is 5.48. The maximum Gasteiger partial charge on any atom is 0.448 e. The number of rotatable bonds is 5. The molecule has 4 heteroatoms. The molecule has 0 radical (unpaired) electrons. The Labute approximate surface area is 98.9 Å². The van der Waals surface area contributed by atoms with Crippen molar-refractivity contribution < 1.29 is 17.9 Å². The van der Waals surface area contributed by atoms with Gasteiger partial charge in [-0.05, 0) is 31.4 Å². The Morgan fingerprint density at radius 1 is 1.24 bits per heavy atom. The molecule has 0 saturated carbocycles. The Balaban J connectivity index is 2.56. The molecule has 1 rings (SSSR count). The summed E-state index contributed by atoms with van der Waals surface area (Å²) in [6.07, 6.45) is -2.39. The van der Waals surface area contributed by atoms with Gasteiger partial charge in [-0.1, -0.05) is 30.3 Å². The lowest BCUT2D eigenvalue weighted by molar-refractivity contribution is -0.130. The second kappa shape index (κ2) is 6.33. The van der Waals surface area contributed by atoms with E-state index in [1.165, 1.54) is 6.92 Å². The van der Waals surface area contributed by atoms with Crippen molar-refractivity contribution in [1.29, 1.82) is 0 Å². The zero-order chi connectivity index (χ0) is 12.7. The molecule has 1 nitrogen and oxygen atoms in total. The summed E-state index contributed by atoms with van der Waals surface area (Å²) in [5.74, 6) is -0.893. The first-order chi connectivity index (χ1) is 8.04. The maximum absolute atomic E-state index is 12.4. The van der Waals surface area contributed by atoms with Crippen LogP contribution >= 0.6 is 0 Å². The summed E-state index contributed by atoms with van der Waals surface area (Å²) in [5.41, 5.74) is 1.02.